The molecule has 0 atom stereocenters. The molecule has 1 aromatic rings. The van der Waals surface area contributed by atoms with Gasteiger partial charge in [-0.1, -0.05) is 0 Å². The minimum atomic E-state index is -0.864. The molecule has 5 nitrogen and oxygen atoms in total. The normalized spacial score (nSPS) is 18.3. The zero-order valence-electron chi connectivity index (χ0n) is 8.94. The molecule has 0 radical (unpaired) electrons. The number of rotatable bonds is 0. The van der Waals surface area contributed by atoms with E-state index in [9.17, 15) is 4.79 Å². The van der Waals surface area contributed by atoms with E-state index in [1.54, 1.807) is 27.0 Å². The molecule has 1 aliphatic rings. The maximum atomic E-state index is 11.8. The van der Waals surface area contributed by atoms with Crippen LogP contribution in [0.4, 0.5) is 11.5 Å². The number of carbonyl (C=O) groups excluding carboxylic acids is 1. The number of nitrogens with zero attached hydrogens (tertiary/aromatic N) is 2. The van der Waals surface area contributed by atoms with Crippen LogP contribution in [0.1, 0.15) is 13.8 Å². The topological polar surface area (TPSA) is 68.5 Å². The van der Waals surface area contributed by atoms with Crippen LogP contribution in [-0.4, -0.2) is 23.5 Å². The summed E-state index contributed by atoms with van der Waals surface area (Å²) in [6.07, 6.45) is 1.50. The van der Waals surface area contributed by atoms with E-state index in [1.165, 1.54) is 11.1 Å². The van der Waals surface area contributed by atoms with Crippen molar-refractivity contribution in [3.8, 4) is 5.75 Å². The van der Waals surface area contributed by atoms with E-state index in [1.807, 2.05) is 0 Å². The Kier molecular flexibility index (Phi) is 1.86. The van der Waals surface area contributed by atoms with Gasteiger partial charge in [-0.25, -0.2) is 4.98 Å². The second kappa shape index (κ2) is 2.85. The van der Waals surface area contributed by atoms with Gasteiger partial charge in [0.05, 0.1) is 11.9 Å². The maximum Gasteiger partial charge on any atom is 0.271 e. The molecule has 1 aromatic heterocycles. The van der Waals surface area contributed by atoms with Crippen molar-refractivity contribution in [1.29, 1.82) is 0 Å². The van der Waals surface area contributed by atoms with Crippen LogP contribution < -0.4 is 15.4 Å². The summed E-state index contributed by atoms with van der Waals surface area (Å²) >= 11 is 0. The van der Waals surface area contributed by atoms with Gasteiger partial charge >= 0.3 is 0 Å². The molecule has 2 heterocycles. The van der Waals surface area contributed by atoms with Crippen molar-refractivity contribution in [3.05, 3.63) is 12.3 Å². The van der Waals surface area contributed by atoms with E-state index in [0.717, 1.165) is 0 Å². The predicted octanol–water partition coefficient (Wildman–Crippen LogP) is 0.798. The average molecular weight is 207 g/mol. The van der Waals surface area contributed by atoms with Crippen molar-refractivity contribution in [3.63, 3.8) is 0 Å². The Labute approximate surface area is 87.8 Å². The minimum absolute atomic E-state index is 0.118. The van der Waals surface area contributed by atoms with E-state index in [-0.39, 0.29) is 5.91 Å². The van der Waals surface area contributed by atoms with E-state index in [2.05, 4.69) is 4.98 Å². The fraction of sp³-hybridized carbons (Fsp3) is 0.400. The van der Waals surface area contributed by atoms with Crippen molar-refractivity contribution >= 4 is 17.4 Å². The molecule has 0 unspecified atom stereocenters. The number of hydrogen-bond donors (Lipinski definition) is 1. The largest absolute Gasteiger partial charge is 0.474 e. The Morgan fingerprint density at radius 2 is 2.20 bits per heavy atom. The Morgan fingerprint density at radius 1 is 1.53 bits per heavy atom. The van der Waals surface area contributed by atoms with Crippen LogP contribution in [0.5, 0.6) is 5.75 Å². The molecule has 5 heteroatoms. The van der Waals surface area contributed by atoms with E-state index >= 15 is 0 Å². The molecule has 2 N–H and O–H groups in total. The smallest absolute Gasteiger partial charge is 0.271 e. The lowest BCUT2D eigenvalue weighted by Crippen LogP contribution is -2.51. The van der Waals surface area contributed by atoms with Crippen molar-refractivity contribution in [2.45, 2.75) is 19.4 Å². The third kappa shape index (κ3) is 1.40. The first-order valence-electron chi connectivity index (χ1n) is 4.64. The summed E-state index contributed by atoms with van der Waals surface area (Å²) in [5.74, 6) is 0.933. The highest BCUT2D eigenvalue weighted by Crippen LogP contribution is 2.35. The van der Waals surface area contributed by atoms with Crippen LogP contribution in [0.25, 0.3) is 0 Å². The molecule has 0 bridgehead atoms. The Morgan fingerprint density at radius 3 is 2.87 bits per heavy atom. The summed E-state index contributed by atoms with van der Waals surface area (Å²) in [4.78, 5) is 17.4. The first-order chi connectivity index (χ1) is 6.92. The van der Waals surface area contributed by atoms with Crippen LogP contribution in [-0.2, 0) is 4.79 Å². The third-order valence-electron chi connectivity index (χ3n) is 2.36. The molecule has 0 aliphatic carbocycles. The second-order valence-corrected chi connectivity index (χ2v) is 4.07. The van der Waals surface area contributed by atoms with E-state index in [0.29, 0.717) is 17.3 Å². The number of likely N-dealkylation sites (N-methyl/N-ethyl adjacent to an activating group) is 1. The van der Waals surface area contributed by atoms with E-state index < -0.39 is 5.60 Å². The molecule has 80 valence electrons. The Balaban J connectivity index is 2.55. The average Bonchev–Trinajstić information content (AvgIpc) is 2.13. The summed E-state index contributed by atoms with van der Waals surface area (Å²) in [5, 5.41) is 0. The number of anilines is 2. The number of nitrogen functional groups attached to an aromatic ring is 1. The SMILES string of the molecule is CN1C(=O)C(C)(C)Oc2cc(N)cnc21. The van der Waals surface area contributed by atoms with Gasteiger partial charge in [-0.05, 0) is 13.8 Å². The lowest BCUT2D eigenvalue weighted by atomic mass is 10.1. The van der Waals surface area contributed by atoms with Crippen LogP contribution in [0.3, 0.4) is 0 Å². The fourth-order valence-corrected chi connectivity index (χ4v) is 1.60. The van der Waals surface area contributed by atoms with Gasteiger partial charge in [-0.2, -0.15) is 0 Å². The zero-order valence-corrected chi connectivity index (χ0v) is 8.94. The van der Waals surface area contributed by atoms with Crippen molar-refractivity contribution < 1.29 is 9.53 Å². The van der Waals surface area contributed by atoms with Crippen LogP contribution in [0, 0.1) is 0 Å². The predicted molar refractivity (Wildman–Crippen MR) is 56.8 cm³/mol. The summed E-state index contributed by atoms with van der Waals surface area (Å²) in [6.45, 7) is 3.44. The highest BCUT2D eigenvalue weighted by Gasteiger charge is 2.39. The second-order valence-electron chi connectivity index (χ2n) is 4.07. The number of pyridine rings is 1. The monoisotopic (exact) mass is 207 g/mol. The third-order valence-corrected chi connectivity index (χ3v) is 2.36. The Hall–Kier alpha value is -1.78. The number of hydrogen-bond acceptors (Lipinski definition) is 4. The van der Waals surface area contributed by atoms with Crippen LogP contribution >= 0.6 is 0 Å². The molecule has 0 saturated carbocycles. The van der Waals surface area contributed by atoms with Gasteiger partial charge in [0.15, 0.2) is 17.2 Å². The lowest BCUT2D eigenvalue weighted by Gasteiger charge is -2.35. The number of fused-ring (bicyclic) bond motifs is 1. The zero-order chi connectivity index (χ0) is 11.2. The van der Waals surface area contributed by atoms with Gasteiger partial charge < -0.3 is 10.5 Å². The van der Waals surface area contributed by atoms with Gasteiger partial charge in [0.25, 0.3) is 5.91 Å². The van der Waals surface area contributed by atoms with Gasteiger partial charge in [0.1, 0.15) is 0 Å². The number of carbonyl (C=O) groups is 1. The first-order valence-corrected chi connectivity index (χ1v) is 4.64. The van der Waals surface area contributed by atoms with Crippen LogP contribution in [0.2, 0.25) is 0 Å². The van der Waals surface area contributed by atoms with Gasteiger partial charge in [-0.3, -0.25) is 9.69 Å². The van der Waals surface area contributed by atoms with Crippen molar-refractivity contribution in [2.75, 3.05) is 17.7 Å². The molecule has 15 heavy (non-hydrogen) atoms. The van der Waals surface area contributed by atoms with Gasteiger partial charge in [0, 0.05) is 13.1 Å². The summed E-state index contributed by atoms with van der Waals surface area (Å²) in [6, 6.07) is 1.67. The lowest BCUT2D eigenvalue weighted by molar-refractivity contribution is -0.132. The van der Waals surface area contributed by atoms with E-state index in [4.69, 9.17) is 10.5 Å². The molecule has 0 saturated heterocycles. The first kappa shape index (κ1) is 9.76. The standard InChI is InChI=1S/C10H13N3O2/c1-10(2)9(14)13(3)8-7(15-10)4-6(11)5-12-8/h4-5H,11H2,1-3H3. The number of nitrogens with two attached hydrogens (primary N) is 1. The molecular weight excluding hydrogens is 194 g/mol. The molecule has 0 fully saturated rings. The quantitative estimate of drug-likeness (QED) is 0.683. The molecule has 0 aromatic carbocycles. The number of amides is 1. The van der Waals surface area contributed by atoms with Gasteiger partial charge in [-0.15, -0.1) is 0 Å². The van der Waals surface area contributed by atoms with Crippen LogP contribution in [0.15, 0.2) is 12.3 Å². The summed E-state index contributed by atoms with van der Waals surface area (Å²) < 4.78 is 5.55. The summed E-state index contributed by atoms with van der Waals surface area (Å²) in [7, 11) is 1.68. The molecule has 1 amide bonds. The molecule has 0 spiro atoms. The van der Waals surface area contributed by atoms with Crippen molar-refractivity contribution in [2.24, 2.45) is 0 Å². The Bertz CT molecular complexity index is 429. The fourth-order valence-electron chi connectivity index (χ4n) is 1.60. The number of aromatic nitrogens is 1. The molecule has 2 rings (SSSR count). The van der Waals surface area contributed by atoms with Gasteiger partial charge in [0.2, 0.25) is 0 Å². The molecular formula is C10H13N3O2. The summed E-state index contributed by atoms with van der Waals surface area (Å²) in [5.41, 5.74) is 5.26. The highest BCUT2D eigenvalue weighted by atomic mass is 16.5. The maximum absolute atomic E-state index is 11.8. The van der Waals surface area contributed by atoms with Crippen molar-refractivity contribution in [1.82, 2.24) is 4.98 Å². The molecule has 1 aliphatic heterocycles. The number of ether oxygens (including phenoxy) is 1. The minimum Gasteiger partial charge on any atom is -0.474 e. The highest BCUT2D eigenvalue weighted by molar-refractivity contribution is 6.01.